The maximum atomic E-state index is 5.43. The summed E-state index contributed by atoms with van der Waals surface area (Å²) in [6.07, 6.45) is 3.51. The highest BCUT2D eigenvalue weighted by Crippen LogP contribution is 2.34. The van der Waals surface area contributed by atoms with Gasteiger partial charge in [0.15, 0.2) is 5.76 Å². The van der Waals surface area contributed by atoms with Gasteiger partial charge in [0, 0.05) is 0 Å². The average molecular weight is 332 g/mol. The number of benzene rings is 1. The molecule has 0 aliphatic heterocycles. The van der Waals surface area contributed by atoms with Gasteiger partial charge in [-0.05, 0) is 47.2 Å². The fourth-order valence-corrected chi connectivity index (χ4v) is 2.88. The molecule has 0 radical (unpaired) electrons. The average Bonchev–Trinajstić information content (AvgIpc) is 3.14. The van der Waals surface area contributed by atoms with E-state index in [2.05, 4.69) is 50.9 Å². The Labute approximate surface area is 149 Å². The number of furan rings is 1. The van der Waals surface area contributed by atoms with Crippen molar-refractivity contribution in [2.24, 2.45) is 4.99 Å². The Hall–Kier alpha value is -2.68. The molecule has 0 atom stereocenters. The number of aromatic nitrogens is 1. The topological polar surface area (TPSA) is 38.4 Å². The summed E-state index contributed by atoms with van der Waals surface area (Å²) in [5.74, 6) is 1.61. The predicted octanol–water partition coefficient (Wildman–Crippen LogP) is 6.34. The van der Waals surface area contributed by atoms with Crippen LogP contribution >= 0.6 is 0 Å². The number of hydrogen-bond acceptors (Lipinski definition) is 3. The van der Waals surface area contributed by atoms with Gasteiger partial charge < -0.3 is 4.42 Å². The molecule has 0 bridgehead atoms. The molecule has 25 heavy (non-hydrogen) atoms. The van der Waals surface area contributed by atoms with Crippen molar-refractivity contribution in [1.29, 1.82) is 0 Å². The number of rotatable bonds is 5. The van der Waals surface area contributed by atoms with Gasteiger partial charge in [-0.3, -0.25) is 4.99 Å². The van der Waals surface area contributed by atoms with E-state index < -0.39 is 0 Å². The Kier molecular flexibility index (Phi) is 5.13. The molecule has 3 heteroatoms. The largest absolute Gasteiger partial charge is 0.463 e. The first-order chi connectivity index (χ1) is 12.1. The van der Waals surface area contributed by atoms with Crippen LogP contribution in [0.2, 0.25) is 0 Å². The van der Waals surface area contributed by atoms with E-state index in [-0.39, 0.29) is 0 Å². The van der Waals surface area contributed by atoms with Gasteiger partial charge in [-0.2, -0.15) is 0 Å². The van der Waals surface area contributed by atoms with E-state index in [9.17, 15) is 0 Å². The van der Waals surface area contributed by atoms with Crippen LogP contribution in [0.25, 0.3) is 11.5 Å². The first kappa shape index (κ1) is 17.2. The molecule has 0 aliphatic rings. The number of para-hydroxylation sites is 1. The van der Waals surface area contributed by atoms with Crippen molar-refractivity contribution in [2.45, 2.75) is 39.5 Å². The van der Waals surface area contributed by atoms with Gasteiger partial charge >= 0.3 is 0 Å². The summed E-state index contributed by atoms with van der Waals surface area (Å²) in [6.45, 7) is 8.81. The lowest BCUT2D eigenvalue weighted by Gasteiger charge is -2.16. The van der Waals surface area contributed by atoms with Crippen LogP contribution in [0.1, 0.15) is 56.4 Å². The number of aliphatic imine (C=N–C) groups is 1. The Morgan fingerprint density at radius 2 is 1.56 bits per heavy atom. The standard InChI is InChI=1S/C22H24N2O/c1-15(2)18-9-6-10-19(16(3)4)22(18)23-14-17-8-5-11-20(24-17)21-12-7-13-25-21/h5-16H,1-4H3. The Bertz CT molecular complexity index is 835. The van der Waals surface area contributed by atoms with Crippen LogP contribution in [0.4, 0.5) is 5.69 Å². The summed E-state index contributed by atoms with van der Waals surface area (Å²) in [6, 6.07) is 16.1. The van der Waals surface area contributed by atoms with Gasteiger partial charge in [-0.15, -0.1) is 0 Å². The van der Waals surface area contributed by atoms with Crippen LogP contribution < -0.4 is 0 Å². The molecule has 0 spiro atoms. The fourth-order valence-electron chi connectivity index (χ4n) is 2.88. The van der Waals surface area contributed by atoms with Crippen molar-refractivity contribution in [3.8, 4) is 11.5 Å². The van der Waals surface area contributed by atoms with Crippen LogP contribution in [0, 0.1) is 0 Å². The summed E-state index contributed by atoms with van der Waals surface area (Å²) in [5.41, 5.74) is 5.24. The van der Waals surface area contributed by atoms with Crippen LogP contribution in [0.5, 0.6) is 0 Å². The van der Waals surface area contributed by atoms with Gasteiger partial charge in [-0.25, -0.2) is 4.98 Å². The van der Waals surface area contributed by atoms with Crippen LogP contribution in [-0.2, 0) is 0 Å². The lowest BCUT2D eigenvalue weighted by atomic mass is 9.93. The Morgan fingerprint density at radius 3 is 2.16 bits per heavy atom. The third-order valence-corrected chi connectivity index (χ3v) is 4.21. The molecule has 0 fully saturated rings. The number of nitrogens with zero attached hydrogens (tertiary/aromatic N) is 2. The highest BCUT2D eigenvalue weighted by Gasteiger charge is 2.12. The van der Waals surface area contributed by atoms with Gasteiger partial charge in [0.1, 0.15) is 5.69 Å². The van der Waals surface area contributed by atoms with Gasteiger partial charge in [0.25, 0.3) is 0 Å². The van der Waals surface area contributed by atoms with E-state index in [4.69, 9.17) is 9.41 Å². The molecule has 3 rings (SSSR count). The minimum atomic E-state index is 0.424. The van der Waals surface area contributed by atoms with Gasteiger partial charge in [0.05, 0.1) is 23.9 Å². The zero-order chi connectivity index (χ0) is 17.8. The lowest BCUT2D eigenvalue weighted by Crippen LogP contribution is -1.96. The molecule has 3 nitrogen and oxygen atoms in total. The van der Waals surface area contributed by atoms with Crippen molar-refractivity contribution in [3.05, 3.63) is 71.6 Å². The van der Waals surface area contributed by atoms with Crippen LogP contribution in [0.3, 0.4) is 0 Å². The minimum absolute atomic E-state index is 0.424. The fraction of sp³-hybridized carbons (Fsp3) is 0.273. The van der Waals surface area contributed by atoms with Gasteiger partial charge in [-0.1, -0.05) is 52.0 Å². The van der Waals surface area contributed by atoms with E-state index in [1.54, 1.807) is 6.26 Å². The van der Waals surface area contributed by atoms with Crippen molar-refractivity contribution in [1.82, 2.24) is 4.98 Å². The zero-order valence-corrected chi connectivity index (χ0v) is 15.2. The molecule has 3 aromatic rings. The summed E-state index contributed by atoms with van der Waals surface area (Å²) >= 11 is 0. The molecule has 0 saturated heterocycles. The Balaban J connectivity index is 1.99. The van der Waals surface area contributed by atoms with E-state index >= 15 is 0 Å². The third-order valence-electron chi connectivity index (χ3n) is 4.21. The number of pyridine rings is 1. The predicted molar refractivity (Wildman–Crippen MR) is 104 cm³/mol. The summed E-state index contributed by atoms with van der Waals surface area (Å²) in [5, 5.41) is 0. The van der Waals surface area contributed by atoms with E-state index in [0.717, 1.165) is 22.8 Å². The minimum Gasteiger partial charge on any atom is -0.463 e. The molecule has 1 aromatic carbocycles. The maximum absolute atomic E-state index is 5.43. The van der Waals surface area contributed by atoms with E-state index in [1.165, 1.54) is 11.1 Å². The normalized spacial score (nSPS) is 11.8. The summed E-state index contributed by atoms with van der Waals surface area (Å²) in [7, 11) is 0. The van der Waals surface area contributed by atoms with Crippen molar-refractivity contribution >= 4 is 11.9 Å². The zero-order valence-electron chi connectivity index (χ0n) is 15.2. The first-order valence-corrected chi connectivity index (χ1v) is 8.74. The molecule has 0 amide bonds. The summed E-state index contributed by atoms with van der Waals surface area (Å²) in [4.78, 5) is 9.46. The highest BCUT2D eigenvalue weighted by atomic mass is 16.3. The van der Waals surface area contributed by atoms with Crippen molar-refractivity contribution in [2.75, 3.05) is 0 Å². The quantitative estimate of drug-likeness (QED) is 0.511. The van der Waals surface area contributed by atoms with Crippen molar-refractivity contribution < 1.29 is 4.42 Å². The van der Waals surface area contributed by atoms with Gasteiger partial charge in [0.2, 0.25) is 0 Å². The molecule has 128 valence electrons. The molecule has 0 N–H and O–H groups in total. The molecule has 0 aliphatic carbocycles. The third kappa shape index (κ3) is 3.87. The molecule has 2 aromatic heterocycles. The first-order valence-electron chi connectivity index (χ1n) is 8.74. The molecular formula is C22H24N2O. The van der Waals surface area contributed by atoms with Crippen LogP contribution in [-0.4, -0.2) is 11.2 Å². The Morgan fingerprint density at radius 1 is 0.880 bits per heavy atom. The second-order valence-electron chi connectivity index (χ2n) is 6.78. The smallest absolute Gasteiger partial charge is 0.152 e. The molecular weight excluding hydrogens is 308 g/mol. The monoisotopic (exact) mass is 332 g/mol. The van der Waals surface area contributed by atoms with Crippen LogP contribution in [0.15, 0.2) is 64.2 Å². The molecule has 0 saturated carbocycles. The summed E-state index contributed by atoms with van der Waals surface area (Å²) < 4.78 is 5.43. The molecule has 2 heterocycles. The van der Waals surface area contributed by atoms with E-state index in [0.29, 0.717) is 11.8 Å². The SMILES string of the molecule is CC(C)c1cccc(C(C)C)c1N=Cc1cccc(-c2ccco2)n1. The second kappa shape index (κ2) is 7.47. The second-order valence-corrected chi connectivity index (χ2v) is 6.78. The lowest BCUT2D eigenvalue weighted by molar-refractivity contribution is 0.580. The maximum Gasteiger partial charge on any atom is 0.152 e. The number of hydrogen-bond donors (Lipinski definition) is 0. The molecule has 0 unspecified atom stereocenters. The van der Waals surface area contributed by atoms with E-state index in [1.807, 2.05) is 36.5 Å². The van der Waals surface area contributed by atoms with Crippen molar-refractivity contribution in [3.63, 3.8) is 0 Å². The highest BCUT2D eigenvalue weighted by molar-refractivity contribution is 5.81.